The van der Waals surface area contributed by atoms with Gasteiger partial charge in [0.05, 0.1) is 15.9 Å². The van der Waals surface area contributed by atoms with Crippen LogP contribution in [-0.4, -0.2) is 15.3 Å². The first kappa shape index (κ1) is 15.6. The molecular weight excluding hydrogens is 408 g/mol. The topological polar surface area (TPSA) is 82.2 Å². The molecule has 1 aromatic heterocycles. The number of Topliss-reactive ketones (excluding diaryl/α,β-unsaturated/α-hetero) is 1. The van der Waals surface area contributed by atoms with Gasteiger partial charge in [-0.05, 0) is 50.1 Å². The normalized spacial score (nSPS) is 10.4. The van der Waals surface area contributed by atoms with Crippen LogP contribution in [0.25, 0.3) is 0 Å². The van der Waals surface area contributed by atoms with Crippen molar-refractivity contribution >= 4 is 43.3 Å². The van der Waals surface area contributed by atoms with Crippen LogP contribution in [0.1, 0.15) is 10.4 Å². The van der Waals surface area contributed by atoms with Gasteiger partial charge in [0.25, 0.3) is 11.2 Å². The second-order valence-electron chi connectivity index (χ2n) is 4.17. The summed E-state index contributed by atoms with van der Waals surface area (Å²) in [5.41, 5.74) is -0.106. The molecule has 0 amide bonds. The van der Waals surface area contributed by atoms with E-state index in [4.69, 9.17) is 0 Å². The molecule has 0 aliphatic rings. The molecule has 1 heterocycles. The number of hydrogen-bond donors (Lipinski definition) is 0. The number of nitro benzene ring substituents is 1. The second-order valence-corrected chi connectivity index (χ2v) is 5.94. The molecule has 21 heavy (non-hydrogen) atoms. The van der Waals surface area contributed by atoms with E-state index < -0.39 is 4.92 Å². The van der Waals surface area contributed by atoms with Crippen LogP contribution in [0.15, 0.2) is 50.3 Å². The highest BCUT2D eigenvalue weighted by Gasteiger charge is 2.12. The van der Waals surface area contributed by atoms with Crippen molar-refractivity contribution in [2.24, 2.45) is 0 Å². The zero-order chi connectivity index (χ0) is 15.6. The van der Waals surface area contributed by atoms with Gasteiger partial charge in [0, 0.05) is 28.4 Å². The predicted octanol–water partition coefficient (Wildman–Crippen LogP) is 3.16. The van der Waals surface area contributed by atoms with Gasteiger partial charge in [-0.1, -0.05) is 0 Å². The van der Waals surface area contributed by atoms with Gasteiger partial charge in [0.2, 0.25) is 0 Å². The molecule has 0 radical (unpaired) electrons. The molecule has 0 fully saturated rings. The minimum atomic E-state index is -0.538. The Morgan fingerprint density at radius 3 is 2.43 bits per heavy atom. The number of non-ortho nitro benzene ring substituents is 1. The Labute approximate surface area is 135 Å². The molecule has 0 saturated heterocycles. The molecule has 108 valence electrons. The molecule has 1 aromatic carbocycles. The van der Waals surface area contributed by atoms with E-state index in [1.807, 2.05) is 0 Å². The average Bonchev–Trinajstić information content (AvgIpc) is 2.44. The van der Waals surface area contributed by atoms with Crippen LogP contribution in [0, 0.1) is 10.1 Å². The standard InChI is InChI=1S/C13H8Br2N2O4/c14-9-5-11(15)13(19)16(6-9)7-12(18)8-1-3-10(4-2-8)17(20)21/h1-6H,7H2. The molecule has 0 aliphatic heterocycles. The summed E-state index contributed by atoms with van der Waals surface area (Å²) in [6.45, 7) is -0.144. The summed E-state index contributed by atoms with van der Waals surface area (Å²) in [6, 6.07) is 6.85. The summed E-state index contributed by atoms with van der Waals surface area (Å²) >= 11 is 6.36. The van der Waals surface area contributed by atoms with Crippen LogP contribution in [0.5, 0.6) is 0 Å². The van der Waals surface area contributed by atoms with Crippen LogP contribution >= 0.6 is 31.9 Å². The quantitative estimate of drug-likeness (QED) is 0.436. The molecule has 0 atom stereocenters. The maximum atomic E-state index is 12.1. The third kappa shape index (κ3) is 3.64. The van der Waals surface area contributed by atoms with Crippen molar-refractivity contribution in [2.75, 3.05) is 0 Å². The number of carbonyl (C=O) groups excluding carboxylic acids is 1. The van der Waals surface area contributed by atoms with Gasteiger partial charge in [0.15, 0.2) is 5.78 Å². The SMILES string of the molecule is O=C(Cn1cc(Br)cc(Br)c1=O)c1ccc([N+](=O)[O-])cc1. The number of carbonyl (C=O) groups is 1. The number of benzene rings is 1. The van der Waals surface area contributed by atoms with E-state index in [2.05, 4.69) is 31.9 Å². The Morgan fingerprint density at radius 1 is 1.24 bits per heavy atom. The minimum Gasteiger partial charge on any atom is -0.306 e. The highest BCUT2D eigenvalue weighted by molar-refractivity contribution is 9.11. The highest BCUT2D eigenvalue weighted by Crippen LogP contribution is 2.15. The van der Waals surface area contributed by atoms with E-state index in [1.54, 1.807) is 6.07 Å². The Balaban J connectivity index is 2.26. The molecule has 0 saturated carbocycles. The van der Waals surface area contributed by atoms with Gasteiger partial charge < -0.3 is 4.57 Å². The molecular formula is C13H8Br2N2O4. The summed E-state index contributed by atoms with van der Waals surface area (Å²) in [4.78, 5) is 34.0. The predicted molar refractivity (Wildman–Crippen MR) is 83.5 cm³/mol. The number of nitrogens with zero attached hydrogens (tertiary/aromatic N) is 2. The monoisotopic (exact) mass is 414 g/mol. The molecule has 2 aromatic rings. The van der Waals surface area contributed by atoms with Crippen LogP contribution in [-0.2, 0) is 6.54 Å². The summed E-state index contributed by atoms with van der Waals surface area (Å²) in [6.07, 6.45) is 1.51. The molecule has 0 bridgehead atoms. The Bertz CT molecular complexity index is 769. The molecule has 8 heteroatoms. The van der Waals surface area contributed by atoms with Crippen molar-refractivity contribution in [3.8, 4) is 0 Å². The van der Waals surface area contributed by atoms with Gasteiger partial charge >= 0.3 is 0 Å². The van der Waals surface area contributed by atoms with Crippen LogP contribution in [0.4, 0.5) is 5.69 Å². The Kier molecular flexibility index (Phi) is 4.69. The largest absolute Gasteiger partial charge is 0.306 e. The molecule has 2 rings (SSSR count). The third-order valence-corrected chi connectivity index (χ3v) is 3.72. The lowest BCUT2D eigenvalue weighted by Gasteiger charge is -2.06. The van der Waals surface area contributed by atoms with Gasteiger partial charge in [-0.2, -0.15) is 0 Å². The van der Waals surface area contributed by atoms with E-state index in [0.717, 1.165) is 0 Å². The van der Waals surface area contributed by atoms with Crippen LogP contribution in [0.2, 0.25) is 0 Å². The maximum absolute atomic E-state index is 12.1. The zero-order valence-electron chi connectivity index (χ0n) is 10.5. The van der Waals surface area contributed by atoms with Crippen molar-refractivity contribution in [1.29, 1.82) is 0 Å². The number of halogens is 2. The Morgan fingerprint density at radius 2 is 1.86 bits per heavy atom. The number of aromatic nitrogens is 1. The summed E-state index contributed by atoms with van der Waals surface area (Å²) < 4.78 is 2.26. The lowest BCUT2D eigenvalue weighted by molar-refractivity contribution is -0.384. The fraction of sp³-hybridized carbons (Fsp3) is 0.0769. The lowest BCUT2D eigenvalue weighted by Crippen LogP contribution is -2.24. The second kappa shape index (κ2) is 6.31. The van der Waals surface area contributed by atoms with E-state index in [9.17, 15) is 19.7 Å². The summed E-state index contributed by atoms with van der Waals surface area (Å²) in [7, 11) is 0. The lowest BCUT2D eigenvalue weighted by atomic mass is 10.1. The first-order chi connectivity index (χ1) is 9.88. The minimum absolute atomic E-state index is 0.0890. The summed E-state index contributed by atoms with van der Waals surface area (Å²) in [5.74, 6) is -0.308. The smallest absolute Gasteiger partial charge is 0.269 e. The van der Waals surface area contributed by atoms with E-state index >= 15 is 0 Å². The zero-order valence-corrected chi connectivity index (χ0v) is 13.6. The third-order valence-electron chi connectivity index (χ3n) is 2.72. The van der Waals surface area contributed by atoms with Crippen molar-refractivity contribution in [3.63, 3.8) is 0 Å². The molecule has 0 N–H and O–H groups in total. The van der Waals surface area contributed by atoms with Crippen molar-refractivity contribution in [2.45, 2.75) is 6.54 Å². The first-order valence-corrected chi connectivity index (χ1v) is 7.30. The van der Waals surface area contributed by atoms with E-state index in [0.29, 0.717) is 14.5 Å². The molecule has 6 nitrogen and oxygen atoms in total. The Hall–Kier alpha value is -1.80. The van der Waals surface area contributed by atoms with Crippen molar-refractivity contribution in [3.05, 3.63) is 71.5 Å². The maximum Gasteiger partial charge on any atom is 0.269 e. The number of hydrogen-bond acceptors (Lipinski definition) is 4. The molecule has 0 spiro atoms. The van der Waals surface area contributed by atoms with Crippen LogP contribution in [0.3, 0.4) is 0 Å². The average molecular weight is 416 g/mol. The fourth-order valence-electron chi connectivity index (χ4n) is 1.70. The van der Waals surface area contributed by atoms with E-state index in [-0.39, 0.29) is 23.6 Å². The molecule has 0 unspecified atom stereocenters. The number of rotatable bonds is 4. The summed E-state index contributed by atoms with van der Waals surface area (Å²) in [5, 5.41) is 10.6. The van der Waals surface area contributed by atoms with Crippen molar-refractivity contribution < 1.29 is 9.72 Å². The van der Waals surface area contributed by atoms with E-state index in [1.165, 1.54) is 35.0 Å². The first-order valence-electron chi connectivity index (χ1n) is 5.71. The number of pyridine rings is 1. The van der Waals surface area contributed by atoms with Gasteiger partial charge in [0.1, 0.15) is 0 Å². The number of nitro groups is 1. The van der Waals surface area contributed by atoms with Crippen LogP contribution < -0.4 is 5.56 Å². The fourth-order valence-corrected chi connectivity index (χ4v) is 2.95. The van der Waals surface area contributed by atoms with Gasteiger partial charge in [-0.3, -0.25) is 19.7 Å². The number of ketones is 1. The molecule has 0 aliphatic carbocycles. The van der Waals surface area contributed by atoms with Gasteiger partial charge in [-0.25, -0.2) is 0 Å². The highest BCUT2D eigenvalue weighted by atomic mass is 79.9. The van der Waals surface area contributed by atoms with Crippen molar-refractivity contribution in [1.82, 2.24) is 4.57 Å². The van der Waals surface area contributed by atoms with Gasteiger partial charge in [-0.15, -0.1) is 0 Å².